The Bertz CT molecular complexity index is 757. The van der Waals surface area contributed by atoms with Crippen LogP contribution >= 0.6 is 0 Å². The number of piperidine rings is 3. The molecule has 3 fully saturated rings. The van der Waals surface area contributed by atoms with Gasteiger partial charge in [-0.1, -0.05) is 18.2 Å². The van der Waals surface area contributed by atoms with Crippen LogP contribution in [0.1, 0.15) is 28.8 Å². The van der Waals surface area contributed by atoms with Crippen LogP contribution in [-0.4, -0.2) is 48.1 Å². The fraction of sp³-hybridized carbons (Fsp3) is 0.429. The van der Waals surface area contributed by atoms with E-state index in [4.69, 9.17) is 4.74 Å². The standard InChI is InChI=1S/C21H25N3O2/c1-26-19-7-3-2-6-17(19)21(25)23-20-16-8-11-24(12-9-16)18(20)13-15-5-4-10-22-14-15/h2-7,10,14,16,18,20H,8-9,11-13H2,1H3,(H,23,25). The molecule has 5 heteroatoms. The van der Waals surface area contributed by atoms with Crippen LogP contribution in [-0.2, 0) is 6.42 Å². The van der Waals surface area contributed by atoms with Gasteiger partial charge in [0.05, 0.1) is 12.7 Å². The number of rotatable bonds is 5. The predicted molar refractivity (Wildman–Crippen MR) is 100 cm³/mol. The molecule has 0 spiro atoms. The summed E-state index contributed by atoms with van der Waals surface area (Å²) >= 11 is 0. The van der Waals surface area contributed by atoms with Crippen molar-refractivity contribution in [1.82, 2.24) is 15.2 Å². The molecule has 3 saturated heterocycles. The smallest absolute Gasteiger partial charge is 0.255 e. The van der Waals surface area contributed by atoms with Crippen molar-refractivity contribution < 1.29 is 9.53 Å². The first-order valence-electron chi connectivity index (χ1n) is 9.33. The number of carbonyl (C=O) groups excluding carboxylic acids is 1. The fourth-order valence-corrected chi connectivity index (χ4v) is 4.44. The van der Waals surface area contributed by atoms with Crippen LogP contribution in [0.25, 0.3) is 0 Å². The first-order chi connectivity index (χ1) is 12.8. The second kappa shape index (κ2) is 7.46. The summed E-state index contributed by atoms with van der Waals surface area (Å²) in [7, 11) is 1.60. The molecule has 0 aliphatic carbocycles. The molecular weight excluding hydrogens is 326 g/mol. The van der Waals surface area contributed by atoms with E-state index in [1.807, 2.05) is 36.5 Å². The van der Waals surface area contributed by atoms with Gasteiger partial charge in [-0.25, -0.2) is 0 Å². The fourth-order valence-electron chi connectivity index (χ4n) is 4.44. The number of para-hydroxylation sites is 1. The molecule has 0 radical (unpaired) electrons. The van der Waals surface area contributed by atoms with Gasteiger partial charge in [0.25, 0.3) is 5.91 Å². The Morgan fingerprint density at radius 1 is 1.23 bits per heavy atom. The lowest BCUT2D eigenvalue weighted by atomic mass is 9.76. The lowest BCUT2D eigenvalue weighted by Gasteiger charge is -2.51. The van der Waals surface area contributed by atoms with Crippen molar-refractivity contribution in [3.05, 3.63) is 59.9 Å². The molecule has 2 atom stereocenters. The van der Waals surface area contributed by atoms with Crippen molar-refractivity contribution in [2.24, 2.45) is 5.92 Å². The molecule has 136 valence electrons. The zero-order valence-corrected chi connectivity index (χ0v) is 15.1. The minimum absolute atomic E-state index is 0.0441. The summed E-state index contributed by atoms with van der Waals surface area (Å²) in [6.07, 6.45) is 6.96. The molecule has 5 rings (SSSR count). The number of aromatic nitrogens is 1. The average Bonchev–Trinajstić information content (AvgIpc) is 2.71. The Kier molecular flexibility index (Phi) is 4.89. The summed E-state index contributed by atoms with van der Waals surface area (Å²) < 4.78 is 5.36. The maximum absolute atomic E-state index is 12.9. The highest BCUT2D eigenvalue weighted by Gasteiger charge is 2.42. The van der Waals surface area contributed by atoms with Gasteiger partial charge in [-0.05, 0) is 62.0 Å². The third-order valence-corrected chi connectivity index (χ3v) is 5.78. The van der Waals surface area contributed by atoms with Gasteiger partial charge in [-0.2, -0.15) is 0 Å². The van der Waals surface area contributed by atoms with Crippen molar-refractivity contribution in [3.8, 4) is 5.75 Å². The van der Waals surface area contributed by atoms with Crippen LogP contribution in [0.3, 0.4) is 0 Å². The highest BCUT2D eigenvalue weighted by Crippen LogP contribution is 2.34. The number of ether oxygens (including phenoxy) is 1. The second-order valence-electron chi connectivity index (χ2n) is 7.21. The van der Waals surface area contributed by atoms with E-state index >= 15 is 0 Å². The molecular formula is C21H25N3O2. The molecule has 26 heavy (non-hydrogen) atoms. The third-order valence-electron chi connectivity index (χ3n) is 5.78. The van der Waals surface area contributed by atoms with Crippen LogP contribution in [0.15, 0.2) is 48.8 Å². The number of amides is 1. The monoisotopic (exact) mass is 351 g/mol. The van der Waals surface area contributed by atoms with Gasteiger partial charge in [0.15, 0.2) is 0 Å². The molecule has 1 aromatic carbocycles. The summed E-state index contributed by atoms with van der Waals surface area (Å²) in [5.41, 5.74) is 1.83. The lowest BCUT2D eigenvalue weighted by molar-refractivity contribution is 0.0135. The van der Waals surface area contributed by atoms with Gasteiger partial charge in [0.1, 0.15) is 5.75 Å². The molecule has 3 aliphatic rings. The average molecular weight is 351 g/mol. The number of hydrogen-bond acceptors (Lipinski definition) is 4. The number of pyridine rings is 1. The molecule has 1 aromatic heterocycles. The zero-order valence-electron chi connectivity index (χ0n) is 15.1. The summed E-state index contributed by atoms with van der Waals surface area (Å²) in [6.45, 7) is 2.24. The van der Waals surface area contributed by atoms with Crippen molar-refractivity contribution >= 4 is 5.91 Å². The summed E-state index contributed by atoms with van der Waals surface area (Å²) in [4.78, 5) is 19.7. The number of benzene rings is 1. The maximum Gasteiger partial charge on any atom is 0.255 e. The predicted octanol–water partition coefficient (Wildman–Crippen LogP) is 2.53. The molecule has 4 heterocycles. The van der Waals surface area contributed by atoms with E-state index < -0.39 is 0 Å². The number of nitrogens with one attached hydrogen (secondary N) is 1. The number of nitrogens with zero attached hydrogens (tertiary/aromatic N) is 2. The number of fused-ring (bicyclic) bond motifs is 3. The Hall–Kier alpha value is -2.40. The highest BCUT2D eigenvalue weighted by molar-refractivity contribution is 5.97. The Labute approximate surface area is 154 Å². The van der Waals surface area contributed by atoms with Crippen LogP contribution in [0.2, 0.25) is 0 Å². The molecule has 5 nitrogen and oxygen atoms in total. The molecule has 2 aromatic rings. The van der Waals surface area contributed by atoms with E-state index in [0.29, 0.717) is 23.3 Å². The number of carbonyl (C=O) groups is 1. The van der Waals surface area contributed by atoms with Crippen molar-refractivity contribution in [2.75, 3.05) is 20.2 Å². The maximum atomic E-state index is 12.9. The summed E-state index contributed by atoms with van der Waals surface area (Å²) in [5.74, 6) is 1.12. The molecule has 1 N–H and O–H groups in total. The van der Waals surface area contributed by atoms with Gasteiger partial charge in [-0.15, -0.1) is 0 Å². The topological polar surface area (TPSA) is 54.5 Å². The zero-order chi connectivity index (χ0) is 17.9. The normalized spacial score (nSPS) is 27.1. The second-order valence-corrected chi connectivity index (χ2v) is 7.21. The first-order valence-corrected chi connectivity index (χ1v) is 9.33. The van der Waals surface area contributed by atoms with Crippen molar-refractivity contribution in [1.29, 1.82) is 0 Å². The first kappa shape index (κ1) is 17.0. The molecule has 1 amide bonds. The van der Waals surface area contributed by atoms with E-state index in [0.717, 1.165) is 32.4 Å². The van der Waals surface area contributed by atoms with Crippen LogP contribution in [0, 0.1) is 5.92 Å². The van der Waals surface area contributed by atoms with E-state index in [2.05, 4.69) is 21.3 Å². The number of methoxy groups -OCH3 is 1. The van der Waals surface area contributed by atoms with Crippen LogP contribution in [0.5, 0.6) is 5.75 Å². The van der Waals surface area contributed by atoms with E-state index in [1.54, 1.807) is 13.3 Å². The number of hydrogen-bond donors (Lipinski definition) is 1. The summed E-state index contributed by atoms with van der Waals surface area (Å²) in [5, 5.41) is 3.33. The quantitative estimate of drug-likeness (QED) is 0.899. The van der Waals surface area contributed by atoms with Crippen molar-refractivity contribution in [3.63, 3.8) is 0 Å². The molecule has 3 aliphatic heterocycles. The van der Waals surface area contributed by atoms with Crippen LogP contribution in [0.4, 0.5) is 0 Å². The third kappa shape index (κ3) is 3.31. The molecule has 0 saturated carbocycles. The van der Waals surface area contributed by atoms with E-state index in [9.17, 15) is 4.79 Å². The SMILES string of the molecule is COc1ccccc1C(=O)NC1C2CCN(CC2)C1Cc1cccnc1. The Morgan fingerprint density at radius 3 is 2.77 bits per heavy atom. The molecule has 2 bridgehead atoms. The Morgan fingerprint density at radius 2 is 2.04 bits per heavy atom. The minimum Gasteiger partial charge on any atom is -0.496 e. The van der Waals surface area contributed by atoms with Gasteiger partial charge < -0.3 is 10.1 Å². The lowest BCUT2D eigenvalue weighted by Crippen LogP contribution is -2.64. The highest BCUT2D eigenvalue weighted by atomic mass is 16.5. The Balaban J connectivity index is 1.55. The van der Waals surface area contributed by atoms with Gasteiger partial charge in [-0.3, -0.25) is 14.7 Å². The van der Waals surface area contributed by atoms with Crippen LogP contribution < -0.4 is 10.1 Å². The van der Waals surface area contributed by atoms with Crippen molar-refractivity contribution in [2.45, 2.75) is 31.3 Å². The van der Waals surface area contributed by atoms with Gasteiger partial charge in [0, 0.05) is 24.5 Å². The van der Waals surface area contributed by atoms with Gasteiger partial charge >= 0.3 is 0 Å². The minimum atomic E-state index is -0.0441. The summed E-state index contributed by atoms with van der Waals surface area (Å²) in [6, 6.07) is 12.0. The van der Waals surface area contributed by atoms with E-state index in [1.165, 1.54) is 5.56 Å². The molecule has 2 unspecified atom stereocenters. The van der Waals surface area contributed by atoms with Gasteiger partial charge in [0.2, 0.25) is 0 Å². The largest absolute Gasteiger partial charge is 0.496 e. The van der Waals surface area contributed by atoms with E-state index in [-0.39, 0.29) is 11.9 Å².